The van der Waals surface area contributed by atoms with Gasteiger partial charge < -0.3 is 89.2 Å². The standard InChI is InChI=1S/3C11H23NS2.Sb/c3*1-4-6-7-8-9-10(3)12(5-2)11(13)14;/h3*10H,4-9H2,1-3H3,(H,13,14);/q;;;+3/p-3. The SMILES string of the molecule is CCCCCCC(C)N(CC)C(=S)[S-].CCCCCCC(C)N(CC)C(=S)[S-].CCCCCCC(C)N(CC)C(=S)[S-].[Sb+3]. The zero-order valence-corrected chi connectivity index (χ0v) is 36.7. The van der Waals surface area contributed by atoms with Crippen molar-refractivity contribution in [3.05, 3.63) is 0 Å². The van der Waals surface area contributed by atoms with E-state index in [4.69, 9.17) is 74.5 Å². The van der Waals surface area contributed by atoms with Crippen molar-refractivity contribution < 1.29 is 0 Å². The Kier molecular flexibility index (Phi) is 42.7. The van der Waals surface area contributed by atoms with Gasteiger partial charge in [0.05, 0.1) is 0 Å². The van der Waals surface area contributed by atoms with Crippen LogP contribution in [-0.2, 0) is 37.9 Å². The van der Waals surface area contributed by atoms with Crippen molar-refractivity contribution in [2.75, 3.05) is 19.6 Å². The Morgan fingerprint density at radius 3 is 0.791 bits per heavy atom. The summed E-state index contributed by atoms with van der Waals surface area (Å²) >= 11 is 30.2. The zero-order chi connectivity index (χ0) is 32.9. The molecule has 0 spiro atoms. The van der Waals surface area contributed by atoms with Gasteiger partial charge in [0.1, 0.15) is 0 Å². The maximum atomic E-state index is 5.03. The van der Waals surface area contributed by atoms with Crippen LogP contribution < -0.4 is 0 Å². The van der Waals surface area contributed by atoms with E-state index in [1.165, 1.54) is 96.3 Å². The molecule has 0 aromatic heterocycles. The molecule has 254 valence electrons. The number of hydrogen-bond acceptors (Lipinski definition) is 6. The van der Waals surface area contributed by atoms with E-state index < -0.39 is 0 Å². The molecular formula is C33H66N3S6Sb. The van der Waals surface area contributed by atoms with Gasteiger partial charge >= 0.3 is 24.4 Å². The van der Waals surface area contributed by atoms with Crippen LogP contribution in [0.25, 0.3) is 0 Å². The van der Waals surface area contributed by atoms with Crippen LogP contribution in [0.1, 0.15) is 159 Å². The van der Waals surface area contributed by atoms with E-state index >= 15 is 0 Å². The van der Waals surface area contributed by atoms with E-state index in [-0.39, 0.29) is 24.4 Å². The molecule has 2 radical (unpaired) electrons. The average molecular weight is 819 g/mol. The van der Waals surface area contributed by atoms with E-state index in [1.807, 2.05) is 0 Å². The van der Waals surface area contributed by atoms with Crippen LogP contribution in [0.3, 0.4) is 0 Å². The van der Waals surface area contributed by atoms with E-state index in [9.17, 15) is 0 Å². The van der Waals surface area contributed by atoms with Crippen LogP contribution >= 0.6 is 36.7 Å². The van der Waals surface area contributed by atoms with Gasteiger partial charge in [0.2, 0.25) is 0 Å². The fourth-order valence-corrected chi connectivity index (χ4v) is 6.78. The van der Waals surface area contributed by atoms with Crippen molar-refractivity contribution in [3.63, 3.8) is 0 Å². The monoisotopic (exact) mass is 817 g/mol. The number of nitrogens with zero attached hydrogens (tertiary/aromatic N) is 3. The quantitative estimate of drug-likeness (QED) is 0.0481. The minimum absolute atomic E-state index is 0. The van der Waals surface area contributed by atoms with E-state index in [0.29, 0.717) is 31.1 Å². The smallest absolute Gasteiger partial charge is 0.411 e. The maximum absolute atomic E-state index is 5.03. The third kappa shape index (κ3) is 30.2. The minimum atomic E-state index is 0. The van der Waals surface area contributed by atoms with Gasteiger partial charge in [0.25, 0.3) is 0 Å². The molecule has 3 atom stereocenters. The van der Waals surface area contributed by atoms with Gasteiger partial charge in [0, 0.05) is 37.8 Å². The molecule has 3 nitrogen and oxygen atoms in total. The number of thiocarbonyl (C=S) groups is 3. The molecule has 0 heterocycles. The first kappa shape index (κ1) is 51.0. The summed E-state index contributed by atoms with van der Waals surface area (Å²) in [6.07, 6.45) is 19.5. The number of rotatable bonds is 21. The van der Waals surface area contributed by atoms with E-state index in [1.54, 1.807) is 0 Å². The Balaban J connectivity index is -0.000000262. The third-order valence-electron chi connectivity index (χ3n) is 7.75. The summed E-state index contributed by atoms with van der Waals surface area (Å²) in [6, 6.07) is 1.55. The van der Waals surface area contributed by atoms with Gasteiger partial charge in [-0.1, -0.05) is 111 Å². The Morgan fingerprint density at radius 1 is 0.442 bits per heavy atom. The summed E-state index contributed by atoms with van der Waals surface area (Å²) in [5, 5.41) is 0. The molecule has 0 bridgehead atoms. The molecule has 0 aromatic carbocycles. The van der Waals surface area contributed by atoms with Crippen LogP contribution in [0.15, 0.2) is 0 Å². The fourth-order valence-electron chi connectivity index (χ4n) is 4.93. The Labute approximate surface area is 320 Å². The van der Waals surface area contributed by atoms with Gasteiger partial charge in [-0.2, -0.15) is 0 Å². The molecule has 0 aliphatic rings. The van der Waals surface area contributed by atoms with Gasteiger partial charge in [-0.15, -0.1) is 0 Å². The van der Waals surface area contributed by atoms with Crippen molar-refractivity contribution in [2.45, 2.75) is 177 Å². The zero-order valence-electron chi connectivity index (χ0n) is 29.2. The summed E-state index contributed by atoms with van der Waals surface area (Å²) in [4.78, 5) is 6.41. The Hall–Kier alpha value is 1.15. The molecular weight excluding hydrogens is 753 g/mol. The van der Waals surface area contributed by atoms with Gasteiger partial charge in [-0.3, -0.25) is 0 Å². The summed E-state index contributed by atoms with van der Waals surface area (Å²) < 4.78 is 1.86. The topological polar surface area (TPSA) is 9.72 Å². The molecule has 0 aromatic rings. The first-order chi connectivity index (χ1) is 19.9. The summed E-state index contributed by atoms with van der Waals surface area (Å²) in [6.45, 7) is 22.5. The van der Waals surface area contributed by atoms with Crippen LogP contribution in [0.4, 0.5) is 0 Å². The molecule has 10 heteroatoms. The predicted molar refractivity (Wildman–Crippen MR) is 217 cm³/mol. The fraction of sp³-hybridized carbons (Fsp3) is 0.909. The van der Waals surface area contributed by atoms with Crippen molar-refractivity contribution in [1.29, 1.82) is 0 Å². The van der Waals surface area contributed by atoms with Gasteiger partial charge in [-0.25, -0.2) is 0 Å². The van der Waals surface area contributed by atoms with Crippen LogP contribution in [-0.4, -0.2) is 89.8 Å². The second kappa shape index (κ2) is 36.0. The van der Waals surface area contributed by atoms with Crippen LogP contribution in [0.2, 0.25) is 0 Å². The molecule has 0 aliphatic carbocycles. The first-order valence-electron chi connectivity index (χ1n) is 16.8. The predicted octanol–water partition coefficient (Wildman–Crippen LogP) is 10.1. The minimum Gasteiger partial charge on any atom is -0.411 e. The van der Waals surface area contributed by atoms with Crippen LogP contribution in [0.5, 0.6) is 0 Å². The molecule has 3 unspecified atom stereocenters. The van der Waals surface area contributed by atoms with Crippen molar-refractivity contribution in [1.82, 2.24) is 14.7 Å². The molecule has 43 heavy (non-hydrogen) atoms. The largest absolute Gasteiger partial charge is 3.00 e. The van der Waals surface area contributed by atoms with Gasteiger partial charge in [-0.05, 0) is 60.8 Å². The van der Waals surface area contributed by atoms with Crippen molar-refractivity contribution in [3.8, 4) is 0 Å². The van der Waals surface area contributed by atoms with Crippen LogP contribution in [0, 0.1) is 0 Å². The molecule has 0 saturated carbocycles. The summed E-state index contributed by atoms with van der Waals surface area (Å²) in [5.74, 6) is 0. The first-order valence-corrected chi connectivity index (χ1v) is 19.3. The number of unbranched alkanes of at least 4 members (excludes halogenated alkanes) is 9. The third-order valence-corrected chi connectivity index (χ3v) is 9.16. The molecule has 0 saturated heterocycles. The Bertz CT molecular complexity index is 571. The molecule has 0 N–H and O–H groups in total. The summed E-state index contributed by atoms with van der Waals surface area (Å²) in [7, 11) is 0. The van der Waals surface area contributed by atoms with E-state index in [0.717, 1.165) is 19.6 Å². The van der Waals surface area contributed by atoms with Gasteiger partial charge in [0.15, 0.2) is 0 Å². The second-order valence-electron chi connectivity index (χ2n) is 11.3. The number of hydrogen-bond donors (Lipinski definition) is 0. The maximum Gasteiger partial charge on any atom is 3.00 e. The molecule has 0 rings (SSSR count). The second-order valence-corrected chi connectivity index (χ2v) is 14.3. The molecule has 0 amide bonds. The van der Waals surface area contributed by atoms with E-state index in [2.05, 4.69) is 77.0 Å². The summed E-state index contributed by atoms with van der Waals surface area (Å²) in [5.41, 5.74) is 0. The Morgan fingerprint density at radius 2 is 0.651 bits per heavy atom. The molecule has 0 aliphatic heterocycles. The average Bonchev–Trinajstić information content (AvgIpc) is 2.93. The normalized spacial score (nSPS) is 12.2. The van der Waals surface area contributed by atoms with Crippen molar-refractivity contribution in [2.24, 2.45) is 0 Å². The molecule has 0 fully saturated rings. The van der Waals surface area contributed by atoms with Crippen molar-refractivity contribution >= 4 is 112 Å².